The number of rotatable bonds is 8. The van der Waals surface area contributed by atoms with Crippen LogP contribution in [0.15, 0.2) is 206 Å². The average Bonchev–Trinajstić information content (AvgIpc) is 3.17. The highest BCUT2D eigenvalue weighted by Crippen LogP contribution is 2.37. The van der Waals surface area contributed by atoms with Gasteiger partial charge in [0.25, 0.3) is 0 Å². The van der Waals surface area contributed by atoms with Crippen LogP contribution in [0.3, 0.4) is 0 Å². The largest absolute Gasteiger partial charge is 0.310 e. The molecule has 0 N–H and O–H groups in total. The molecule has 8 aromatic carbocycles. The fraction of sp³-hybridized carbons (Fsp3) is 0. The Bertz CT molecular complexity index is 2150. The van der Waals surface area contributed by atoms with E-state index in [1.54, 1.807) is 0 Å². The molecule has 0 aliphatic carbocycles. The maximum atomic E-state index is 2.51. The van der Waals surface area contributed by atoms with Crippen LogP contribution in [-0.2, 0) is 0 Å². The highest BCUT2D eigenvalue weighted by atomic mass is 28.3. The van der Waals surface area contributed by atoms with Crippen LogP contribution in [-0.4, -0.2) is 8.07 Å². The van der Waals surface area contributed by atoms with Gasteiger partial charge in [-0.25, -0.2) is 0 Å². The van der Waals surface area contributed by atoms with Gasteiger partial charge >= 0.3 is 0 Å². The van der Waals surface area contributed by atoms with Crippen molar-refractivity contribution in [3.05, 3.63) is 211 Å². The van der Waals surface area contributed by atoms with Crippen molar-refractivity contribution in [3.63, 3.8) is 0 Å². The first-order chi connectivity index (χ1) is 23.8. The summed E-state index contributed by atoms with van der Waals surface area (Å²) in [5.74, 6) is 0. The molecule has 0 unspecified atom stereocenters. The van der Waals surface area contributed by atoms with Crippen molar-refractivity contribution in [3.8, 4) is 0 Å². The molecule has 0 bridgehead atoms. The van der Waals surface area contributed by atoms with Crippen LogP contribution >= 0.6 is 0 Å². The van der Waals surface area contributed by atoms with Crippen LogP contribution in [0.4, 0.5) is 17.1 Å². The number of hydrogen-bond acceptors (Lipinski definition) is 1. The van der Waals surface area contributed by atoms with Gasteiger partial charge in [0.05, 0.1) is 0 Å². The van der Waals surface area contributed by atoms with Gasteiger partial charge in [0.2, 0.25) is 0 Å². The monoisotopic (exact) mass is 629 g/mol. The van der Waals surface area contributed by atoms with Gasteiger partial charge in [-0.3, -0.25) is 0 Å². The van der Waals surface area contributed by atoms with Gasteiger partial charge in [0.1, 0.15) is 0 Å². The molecule has 8 rings (SSSR count). The van der Waals surface area contributed by atoms with Crippen molar-refractivity contribution >= 4 is 68.3 Å². The van der Waals surface area contributed by atoms with Crippen molar-refractivity contribution in [1.82, 2.24) is 0 Å². The summed E-state index contributed by atoms with van der Waals surface area (Å²) in [7, 11) is -2.49. The second-order valence-electron chi connectivity index (χ2n) is 12.2. The Labute approximate surface area is 283 Å². The molecule has 0 aromatic heterocycles. The number of anilines is 3. The van der Waals surface area contributed by atoms with E-state index in [1.165, 1.54) is 42.7 Å². The molecule has 48 heavy (non-hydrogen) atoms. The molecule has 0 aliphatic rings. The standard InChI is InChI=1S/C46H35NSi/c1-4-18-44(19-5-1)48(45-20-6-2-7-21-45,46-22-8-3-9-23-46)33-32-36-24-28-41(29-25-36)47(42-30-26-37-14-10-12-16-39(37)34-42)43-31-27-38-15-11-13-17-40(38)35-43/h1-35H. The molecule has 0 aliphatic heterocycles. The van der Waals surface area contributed by atoms with E-state index in [-0.39, 0.29) is 0 Å². The van der Waals surface area contributed by atoms with Crippen LogP contribution in [0.1, 0.15) is 5.56 Å². The normalized spacial score (nSPS) is 11.7. The molecule has 0 saturated carbocycles. The summed E-state index contributed by atoms with van der Waals surface area (Å²) in [6.45, 7) is 0. The highest BCUT2D eigenvalue weighted by molar-refractivity contribution is 7.15. The Morgan fingerprint density at radius 1 is 0.333 bits per heavy atom. The molecule has 0 fully saturated rings. The minimum absolute atomic E-state index is 1.12. The molecular weight excluding hydrogens is 595 g/mol. The molecule has 0 spiro atoms. The minimum atomic E-state index is -2.49. The fourth-order valence-electron chi connectivity index (χ4n) is 6.93. The number of benzene rings is 8. The zero-order chi connectivity index (χ0) is 32.2. The molecule has 0 radical (unpaired) electrons. The molecule has 8 aromatic rings. The van der Waals surface area contributed by atoms with Crippen molar-refractivity contribution in [1.29, 1.82) is 0 Å². The summed E-state index contributed by atoms with van der Waals surface area (Å²) < 4.78 is 0. The lowest BCUT2D eigenvalue weighted by Gasteiger charge is -2.30. The van der Waals surface area contributed by atoms with Gasteiger partial charge in [0.15, 0.2) is 8.07 Å². The van der Waals surface area contributed by atoms with Gasteiger partial charge < -0.3 is 4.90 Å². The van der Waals surface area contributed by atoms with Crippen molar-refractivity contribution < 1.29 is 0 Å². The fourth-order valence-corrected chi connectivity index (χ4v) is 11.1. The first kappa shape index (κ1) is 29.4. The SMILES string of the molecule is C(=C[Si](c1ccccc1)(c1ccccc1)c1ccccc1)c1ccc(N(c2ccc3ccccc3c2)c2ccc3ccccc3c2)cc1. The van der Waals surface area contributed by atoms with Gasteiger partial charge in [-0.05, 0) is 79.1 Å². The maximum absolute atomic E-state index is 2.51. The van der Waals surface area contributed by atoms with Crippen LogP contribution < -0.4 is 20.5 Å². The summed E-state index contributed by atoms with van der Waals surface area (Å²) in [5.41, 5.74) is 7.07. The number of fused-ring (bicyclic) bond motifs is 2. The first-order valence-corrected chi connectivity index (χ1v) is 18.6. The molecule has 2 heteroatoms. The molecular formula is C46H35NSi. The van der Waals surface area contributed by atoms with E-state index < -0.39 is 8.07 Å². The third-order valence-corrected chi connectivity index (χ3v) is 13.7. The van der Waals surface area contributed by atoms with Crippen LogP contribution in [0.25, 0.3) is 27.6 Å². The van der Waals surface area contributed by atoms with Crippen LogP contribution in [0.5, 0.6) is 0 Å². The summed E-state index contributed by atoms with van der Waals surface area (Å²) in [5, 5.41) is 9.04. The number of hydrogen-bond donors (Lipinski definition) is 0. The van der Waals surface area contributed by atoms with E-state index in [2.05, 4.69) is 217 Å². The lowest BCUT2D eigenvalue weighted by atomic mass is 10.1. The van der Waals surface area contributed by atoms with Gasteiger partial charge in [-0.1, -0.05) is 176 Å². The Balaban J connectivity index is 1.23. The van der Waals surface area contributed by atoms with Crippen molar-refractivity contribution in [2.45, 2.75) is 0 Å². The van der Waals surface area contributed by atoms with E-state index in [9.17, 15) is 0 Å². The maximum Gasteiger partial charge on any atom is 0.172 e. The van der Waals surface area contributed by atoms with E-state index in [4.69, 9.17) is 0 Å². The van der Waals surface area contributed by atoms with E-state index >= 15 is 0 Å². The van der Waals surface area contributed by atoms with Crippen molar-refractivity contribution in [2.75, 3.05) is 4.90 Å². The summed E-state index contributed by atoms with van der Waals surface area (Å²) in [6, 6.07) is 72.7. The Morgan fingerprint density at radius 3 is 1.15 bits per heavy atom. The summed E-state index contributed by atoms with van der Waals surface area (Å²) in [6.07, 6.45) is 2.33. The molecule has 0 heterocycles. The zero-order valence-electron chi connectivity index (χ0n) is 26.7. The van der Waals surface area contributed by atoms with Crippen LogP contribution in [0.2, 0.25) is 0 Å². The molecule has 0 amide bonds. The second-order valence-corrected chi connectivity index (χ2v) is 15.9. The third-order valence-electron chi connectivity index (χ3n) is 9.35. The van der Waals surface area contributed by atoms with E-state index in [0.29, 0.717) is 0 Å². The summed E-state index contributed by atoms with van der Waals surface area (Å²) >= 11 is 0. The van der Waals surface area contributed by atoms with E-state index in [1.807, 2.05) is 0 Å². The first-order valence-electron chi connectivity index (χ1n) is 16.5. The quantitative estimate of drug-likeness (QED) is 0.119. The molecule has 228 valence electrons. The Hall–Kier alpha value is -5.96. The predicted molar refractivity (Wildman–Crippen MR) is 209 cm³/mol. The lowest BCUT2D eigenvalue weighted by Crippen LogP contribution is -2.66. The lowest BCUT2D eigenvalue weighted by molar-refractivity contribution is 1.29. The topological polar surface area (TPSA) is 3.24 Å². The van der Waals surface area contributed by atoms with Gasteiger partial charge in [-0.15, -0.1) is 0 Å². The highest BCUT2D eigenvalue weighted by Gasteiger charge is 2.36. The van der Waals surface area contributed by atoms with Crippen LogP contribution in [0, 0.1) is 0 Å². The third kappa shape index (κ3) is 5.64. The smallest absolute Gasteiger partial charge is 0.172 e. The molecule has 0 atom stereocenters. The molecule has 0 saturated heterocycles. The average molecular weight is 630 g/mol. The second kappa shape index (κ2) is 13.0. The summed E-state index contributed by atoms with van der Waals surface area (Å²) in [4.78, 5) is 2.36. The Morgan fingerprint density at radius 2 is 0.708 bits per heavy atom. The number of nitrogens with zero attached hydrogens (tertiary/aromatic N) is 1. The van der Waals surface area contributed by atoms with Gasteiger partial charge in [-0.2, -0.15) is 0 Å². The minimum Gasteiger partial charge on any atom is -0.310 e. The molecule has 1 nitrogen and oxygen atoms in total. The Kier molecular flexibility index (Phi) is 8.00. The zero-order valence-corrected chi connectivity index (χ0v) is 27.7. The predicted octanol–water partition coefficient (Wildman–Crippen LogP) is 10.2. The van der Waals surface area contributed by atoms with Crippen molar-refractivity contribution in [2.24, 2.45) is 0 Å². The van der Waals surface area contributed by atoms with Gasteiger partial charge in [0, 0.05) is 17.1 Å². The van der Waals surface area contributed by atoms with E-state index in [0.717, 1.165) is 17.1 Å².